The molecule has 0 saturated heterocycles. The smallest absolute Gasteiger partial charge is 0.255 e. The Morgan fingerprint density at radius 1 is 1.24 bits per heavy atom. The SMILES string of the molecule is CC1=C(C(=O)Nc2ccc(Br)cn2)[C@@H](c2ccccc2Cl)C2=C(CCCC2=O)N1. The van der Waals surface area contributed by atoms with Gasteiger partial charge in [0.15, 0.2) is 5.78 Å². The maximum Gasteiger partial charge on any atom is 0.255 e. The number of amides is 1. The summed E-state index contributed by atoms with van der Waals surface area (Å²) in [6.45, 7) is 1.86. The van der Waals surface area contributed by atoms with Crippen LogP contribution in [0.15, 0.2) is 69.6 Å². The van der Waals surface area contributed by atoms with Crippen molar-refractivity contribution >= 4 is 45.0 Å². The summed E-state index contributed by atoms with van der Waals surface area (Å²) < 4.78 is 0.821. The van der Waals surface area contributed by atoms with Crippen LogP contribution in [0.2, 0.25) is 5.02 Å². The molecule has 2 heterocycles. The third kappa shape index (κ3) is 3.87. The van der Waals surface area contributed by atoms with Gasteiger partial charge < -0.3 is 10.6 Å². The van der Waals surface area contributed by atoms with Crippen molar-refractivity contribution in [1.82, 2.24) is 10.3 Å². The molecule has 1 aliphatic carbocycles. The molecule has 0 bridgehead atoms. The van der Waals surface area contributed by atoms with Crippen molar-refractivity contribution in [2.24, 2.45) is 0 Å². The average Bonchev–Trinajstić information content (AvgIpc) is 2.69. The van der Waals surface area contributed by atoms with Gasteiger partial charge in [0, 0.05) is 50.6 Å². The zero-order valence-electron chi connectivity index (χ0n) is 15.8. The largest absolute Gasteiger partial charge is 0.362 e. The molecule has 0 unspecified atom stereocenters. The van der Waals surface area contributed by atoms with Gasteiger partial charge in [-0.05, 0) is 59.5 Å². The van der Waals surface area contributed by atoms with Gasteiger partial charge in [-0.15, -0.1) is 0 Å². The van der Waals surface area contributed by atoms with Crippen molar-refractivity contribution in [3.8, 4) is 0 Å². The zero-order valence-corrected chi connectivity index (χ0v) is 18.1. The van der Waals surface area contributed by atoms with Crippen molar-refractivity contribution in [3.05, 3.63) is 80.2 Å². The molecule has 0 fully saturated rings. The number of nitrogens with one attached hydrogen (secondary N) is 2. The number of dihydropyridines is 1. The number of aromatic nitrogens is 1. The maximum absolute atomic E-state index is 13.3. The lowest BCUT2D eigenvalue weighted by molar-refractivity contribution is -0.116. The van der Waals surface area contributed by atoms with E-state index in [-0.39, 0.29) is 11.7 Å². The van der Waals surface area contributed by atoms with Gasteiger partial charge >= 0.3 is 0 Å². The molecule has 0 spiro atoms. The first-order chi connectivity index (χ1) is 14.0. The Balaban J connectivity index is 1.80. The van der Waals surface area contributed by atoms with Crippen LogP contribution in [-0.2, 0) is 9.59 Å². The summed E-state index contributed by atoms with van der Waals surface area (Å²) in [5.74, 6) is -0.322. The van der Waals surface area contributed by atoms with E-state index >= 15 is 0 Å². The Bertz CT molecular complexity index is 1060. The quantitative estimate of drug-likeness (QED) is 0.652. The number of benzene rings is 1. The number of carbonyl (C=O) groups is 2. The first kappa shape index (κ1) is 19.9. The van der Waals surface area contributed by atoms with E-state index in [0.717, 1.165) is 34.3 Å². The number of hydrogen-bond acceptors (Lipinski definition) is 4. The number of Topliss-reactive ketones (excluding diaryl/α,β-unsaturated/α-hetero) is 1. The fourth-order valence-electron chi connectivity index (χ4n) is 3.94. The van der Waals surface area contributed by atoms with E-state index in [4.69, 9.17) is 11.6 Å². The van der Waals surface area contributed by atoms with Gasteiger partial charge in [-0.1, -0.05) is 29.8 Å². The van der Waals surface area contributed by atoms with Gasteiger partial charge in [0.1, 0.15) is 5.82 Å². The standard InChI is InChI=1S/C22H19BrClN3O2/c1-12-19(22(29)27-18-10-9-13(23)11-25-18)20(14-5-2-3-6-15(14)24)21-16(26-12)7-4-8-17(21)28/h2-3,5-6,9-11,20,26H,4,7-8H2,1H3,(H,25,27,29)/t20-/m1/s1. The van der Waals surface area contributed by atoms with Crippen LogP contribution >= 0.6 is 27.5 Å². The molecule has 1 aromatic carbocycles. The molecule has 1 aliphatic heterocycles. The highest BCUT2D eigenvalue weighted by atomic mass is 79.9. The highest BCUT2D eigenvalue weighted by Crippen LogP contribution is 2.44. The number of pyridine rings is 1. The van der Waals surface area contributed by atoms with Crippen LogP contribution in [0.5, 0.6) is 0 Å². The molecule has 5 nitrogen and oxygen atoms in total. The molecule has 2 N–H and O–H groups in total. The first-order valence-corrected chi connectivity index (χ1v) is 10.5. The number of rotatable bonds is 3. The van der Waals surface area contributed by atoms with E-state index in [9.17, 15) is 9.59 Å². The van der Waals surface area contributed by atoms with Gasteiger partial charge in [0.25, 0.3) is 5.91 Å². The topological polar surface area (TPSA) is 71.1 Å². The minimum Gasteiger partial charge on any atom is -0.362 e. The normalized spacial score (nSPS) is 19.0. The van der Waals surface area contributed by atoms with E-state index in [1.54, 1.807) is 24.4 Å². The molecule has 148 valence electrons. The highest BCUT2D eigenvalue weighted by Gasteiger charge is 2.39. The number of carbonyl (C=O) groups excluding carboxylic acids is 2. The Morgan fingerprint density at radius 3 is 2.76 bits per heavy atom. The number of ketones is 1. The summed E-state index contributed by atoms with van der Waals surface area (Å²) in [5, 5.41) is 6.69. The summed E-state index contributed by atoms with van der Waals surface area (Å²) in [6.07, 6.45) is 3.68. The third-order valence-corrected chi connectivity index (χ3v) is 6.02. The van der Waals surface area contributed by atoms with Crippen molar-refractivity contribution in [2.75, 3.05) is 5.32 Å². The maximum atomic E-state index is 13.3. The van der Waals surface area contributed by atoms with E-state index in [1.807, 2.05) is 25.1 Å². The molecule has 1 amide bonds. The minimum atomic E-state index is -0.511. The molecule has 1 aromatic heterocycles. The Hall–Kier alpha value is -2.44. The van der Waals surface area contributed by atoms with Gasteiger partial charge in [0.2, 0.25) is 0 Å². The Kier molecular flexibility index (Phi) is 5.56. The van der Waals surface area contributed by atoms with Gasteiger partial charge in [-0.3, -0.25) is 9.59 Å². The van der Waals surface area contributed by atoms with Gasteiger partial charge in [-0.2, -0.15) is 0 Å². The van der Waals surface area contributed by atoms with Crippen LogP contribution in [0.4, 0.5) is 5.82 Å². The molecule has 2 aliphatic rings. The van der Waals surface area contributed by atoms with Crippen LogP contribution < -0.4 is 10.6 Å². The summed E-state index contributed by atoms with van der Waals surface area (Å²) in [6, 6.07) is 10.9. The second-order valence-electron chi connectivity index (χ2n) is 7.10. The molecule has 7 heteroatoms. The molecular formula is C22H19BrClN3O2. The van der Waals surface area contributed by atoms with Crippen molar-refractivity contribution < 1.29 is 9.59 Å². The fraction of sp³-hybridized carbons (Fsp3) is 0.227. The summed E-state index contributed by atoms with van der Waals surface area (Å²) in [7, 11) is 0. The van der Waals surface area contributed by atoms with Crippen molar-refractivity contribution in [2.45, 2.75) is 32.1 Å². The second-order valence-corrected chi connectivity index (χ2v) is 8.43. The van der Waals surface area contributed by atoms with E-state index in [2.05, 4.69) is 31.5 Å². The van der Waals surface area contributed by atoms with Crippen LogP contribution in [0.1, 0.15) is 37.7 Å². The molecule has 0 saturated carbocycles. The summed E-state index contributed by atoms with van der Waals surface area (Å²) >= 11 is 9.84. The number of anilines is 1. The third-order valence-electron chi connectivity index (χ3n) is 5.21. The zero-order chi connectivity index (χ0) is 20.5. The predicted octanol–water partition coefficient (Wildman–Crippen LogP) is 5.10. The Labute approximate surface area is 182 Å². The van der Waals surface area contributed by atoms with E-state index < -0.39 is 5.92 Å². The Morgan fingerprint density at radius 2 is 2.03 bits per heavy atom. The van der Waals surface area contributed by atoms with E-state index in [0.29, 0.717) is 28.4 Å². The van der Waals surface area contributed by atoms with Crippen LogP contribution in [0.25, 0.3) is 0 Å². The number of halogens is 2. The van der Waals surface area contributed by atoms with Crippen molar-refractivity contribution in [3.63, 3.8) is 0 Å². The number of allylic oxidation sites excluding steroid dienone is 3. The lowest BCUT2D eigenvalue weighted by atomic mass is 9.75. The number of hydrogen-bond donors (Lipinski definition) is 2. The lowest BCUT2D eigenvalue weighted by Crippen LogP contribution is -2.35. The van der Waals surface area contributed by atoms with Crippen LogP contribution in [-0.4, -0.2) is 16.7 Å². The second kappa shape index (κ2) is 8.13. The predicted molar refractivity (Wildman–Crippen MR) is 116 cm³/mol. The lowest BCUT2D eigenvalue weighted by Gasteiger charge is -2.34. The molecular weight excluding hydrogens is 454 g/mol. The monoisotopic (exact) mass is 471 g/mol. The van der Waals surface area contributed by atoms with Crippen LogP contribution in [0, 0.1) is 0 Å². The molecule has 2 aromatic rings. The number of nitrogens with zero attached hydrogens (tertiary/aromatic N) is 1. The fourth-order valence-corrected chi connectivity index (χ4v) is 4.42. The average molecular weight is 473 g/mol. The van der Waals surface area contributed by atoms with Gasteiger partial charge in [-0.25, -0.2) is 4.98 Å². The summed E-state index contributed by atoms with van der Waals surface area (Å²) in [5.41, 5.74) is 3.49. The van der Waals surface area contributed by atoms with E-state index in [1.165, 1.54) is 0 Å². The highest BCUT2D eigenvalue weighted by molar-refractivity contribution is 9.10. The van der Waals surface area contributed by atoms with Gasteiger partial charge in [0.05, 0.1) is 0 Å². The van der Waals surface area contributed by atoms with Crippen molar-refractivity contribution in [1.29, 1.82) is 0 Å². The molecule has 4 rings (SSSR count). The molecule has 1 atom stereocenters. The first-order valence-electron chi connectivity index (χ1n) is 9.37. The molecule has 29 heavy (non-hydrogen) atoms. The molecule has 0 radical (unpaired) electrons. The summed E-state index contributed by atoms with van der Waals surface area (Å²) in [4.78, 5) is 30.4. The minimum absolute atomic E-state index is 0.0586. The van der Waals surface area contributed by atoms with Crippen LogP contribution in [0.3, 0.4) is 0 Å².